The van der Waals surface area contributed by atoms with E-state index in [1.165, 1.54) is 0 Å². The summed E-state index contributed by atoms with van der Waals surface area (Å²) in [6.45, 7) is 0. The van der Waals surface area contributed by atoms with E-state index in [0.717, 1.165) is 55.3 Å². The first-order chi connectivity index (χ1) is 18.3. The molecule has 4 heterocycles. The van der Waals surface area contributed by atoms with E-state index >= 15 is 0 Å². The molecular weight excluding hydrogens is 587 g/mol. The molecule has 8 aromatic rings. The second-order valence-corrected chi connectivity index (χ2v) is 8.96. The Kier molecular flexibility index (Phi) is 6.21. The summed E-state index contributed by atoms with van der Waals surface area (Å²) in [5.74, 6) is 0. The van der Waals surface area contributed by atoms with Gasteiger partial charge in [-0.2, -0.15) is 4.57 Å². The van der Waals surface area contributed by atoms with Crippen molar-refractivity contribution in [2.75, 3.05) is 0 Å². The summed E-state index contributed by atoms with van der Waals surface area (Å²) in [6.07, 6.45) is 11.5. The molecular formula is C31H23IN4O2. The van der Waals surface area contributed by atoms with E-state index in [9.17, 15) is 0 Å². The van der Waals surface area contributed by atoms with Crippen molar-refractivity contribution in [3.8, 4) is 11.4 Å². The van der Waals surface area contributed by atoms with Gasteiger partial charge in [-0.05, 0) is 24.3 Å². The highest BCUT2D eigenvalue weighted by atomic mass is 127. The number of fused-ring (bicyclic) bond motifs is 6. The Morgan fingerprint density at radius 3 is 1.71 bits per heavy atom. The summed E-state index contributed by atoms with van der Waals surface area (Å²) in [4.78, 5) is 4.08. The standard InChI is InChI=1S/C16H13N2O.C15H10N2O.HI/c1-17-9-10-18(11-17)14-7-4-6-13-12-5-2-3-8-15(12)19-16(13)14;1-2-7-14-11(4-1)12-5-3-6-13(15(12)18-14)17-9-8-16-10-17;/h2-11H,1H3;1-10H;1H/q+1;;/p-1. The minimum atomic E-state index is 0. The average Bonchev–Trinajstić information content (AvgIpc) is 3.74. The van der Waals surface area contributed by atoms with Gasteiger partial charge in [-0.1, -0.05) is 60.7 Å². The Hall–Kier alpha value is -4.37. The van der Waals surface area contributed by atoms with E-state index < -0.39 is 0 Å². The highest BCUT2D eigenvalue weighted by Crippen LogP contribution is 2.33. The molecule has 0 spiro atoms. The molecule has 0 saturated heterocycles. The number of hydrogen-bond acceptors (Lipinski definition) is 3. The maximum Gasteiger partial charge on any atom is 0.248 e. The van der Waals surface area contributed by atoms with E-state index in [0.29, 0.717) is 0 Å². The van der Waals surface area contributed by atoms with Gasteiger partial charge in [0, 0.05) is 33.9 Å². The predicted molar refractivity (Wildman–Crippen MR) is 145 cm³/mol. The van der Waals surface area contributed by atoms with Crippen LogP contribution in [-0.2, 0) is 7.05 Å². The van der Waals surface area contributed by atoms with Crippen molar-refractivity contribution < 1.29 is 37.4 Å². The molecule has 0 aliphatic heterocycles. The molecule has 0 radical (unpaired) electrons. The first kappa shape index (κ1) is 24.0. The van der Waals surface area contributed by atoms with Crippen LogP contribution in [0.5, 0.6) is 0 Å². The summed E-state index contributed by atoms with van der Waals surface area (Å²) >= 11 is 0. The van der Waals surface area contributed by atoms with E-state index in [4.69, 9.17) is 8.83 Å². The number of furan rings is 2. The summed E-state index contributed by atoms with van der Waals surface area (Å²) in [5.41, 5.74) is 5.76. The Balaban J connectivity index is 0.000000136. The minimum absolute atomic E-state index is 0. The van der Waals surface area contributed by atoms with E-state index in [-0.39, 0.29) is 24.0 Å². The molecule has 0 saturated carbocycles. The number of halogens is 1. The lowest BCUT2D eigenvalue weighted by molar-refractivity contribution is -0.670. The van der Waals surface area contributed by atoms with Crippen LogP contribution >= 0.6 is 0 Å². The van der Waals surface area contributed by atoms with Crippen molar-refractivity contribution >= 4 is 43.9 Å². The lowest BCUT2D eigenvalue weighted by Gasteiger charge is -2.01. The van der Waals surface area contributed by atoms with Crippen LogP contribution in [0.3, 0.4) is 0 Å². The second-order valence-electron chi connectivity index (χ2n) is 8.96. The molecule has 0 bridgehead atoms. The highest BCUT2D eigenvalue weighted by molar-refractivity contribution is 6.08. The maximum absolute atomic E-state index is 6.02. The van der Waals surface area contributed by atoms with Gasteiger partial charge < -0.3 is 37.4 Å². The fraction of sp³-hybridized carbons (Fsp3) is 0.0323. The number of rotatable bonds is 2. The van der Waals surface area contributed by atoms with E-state index in [2.05, 4.69) is 45.9 Å². The molecule has 0 aliphatic rings. The molecule has 8 rings (SSSR count). The largest absolute Gasteiger partial charge is 1.00 e. The van der Waals surface area contributed by atoms with Crippen LogP contribution in [-0.4, -0.2) is 14.1 Å². The molecule has 0 aliphatic carbocycles. The SMILES string of the molecule is C[n+]1ccn(-c2cccc3c2oc2ccccc23)c1.[I-].c1ccc2c(c1)oc1c(-n3ccnc3)cccc12. The van der Waals surface area contributed by atoms with Crippen molar-refractivity contribution in [3.63, 3.8) is 0 Å². The third-order valence-electron chi connectivity index (χ3n) is 6.60. The van der Waals surface area contributed by atoms with Gasteiger partial charge in [0.05, 0.1) is 19.1 Å². The van der Waals surface area contributed by atoms with Crippen LogP contribution in [0.4, 0.5) is 0 Å². The van der Waals surface area contributed by atoms with Gasteiger partial charge in [0.2, 0.25) is 6.33 Å². The van der Waals surface area contributed by atoms with Crippen LogP contribution in [0.1, 0.15) is 0 Å². The molecule has 0 atom stereocenters. The van der Waals surface area contributed by atoms with Crippen LogP contribution < -0.4 is 28.5 Å². The molecule has 6 nitrogen and oxygen atoms in total. The van der Waals surface area contributed by atoms with Crippen LogP contribution in [0.2, 0.25) is 0 Å². The van der Waals surface area contributed by atoms with Crippen molar-refractivity contribution in [2.24, 2.45) is 7.05 Å². The normalized spacial score (nSPS) is 11.1. The Morgan fingerprint density at radius 2 is 1.18 bits per heavy atom. The number of aromatic nitrogens is 4. The third-order valence-corrected chi connectivity index (χ3v) is 6.60. The van der Waals surface area contributed by atoms with Crippen LogP contribution in [0, 0.1) is 0 Å². The zero-order valence-electron chi connectivity index (χ0n) is 20.5. The topological polar surface area (TPSA) is 52.9 Å². The number of para-hydroxylation sites is 4. The molecule has 0 N–H and O–H groups in total. The van der Waals surface area contributed by atoms with E-state index in [1.54, 1.807) is 12.5 Å². The Labute approximate surface area is 235 Å². The van der Waals surface area contributed by atoms with E-state index in [1.807, 2.05) is 89.6 Å². The number of hydrogen-bond donors (Lipinski definition) is 0. The summed E-state index contributed by atoms with van der Waals surface area (Å²) < 4.78 is 18.0. The molecule has 186 valence electrons. The molecule has 0 unspecified atom stereocenters. The first-order valence-electron chi connectivity index (χ1n) is 12.1. The zero-order valence-corrected chi connectivity index (χ0v) is 22.7. The summed E-state index contributed by atoms with van der Waals surface area (Å²) in [6, 6.07) is 28.6. The fourth-order valence-electron chi connectivity index (χ4n) is 4.87. The maximum atomic E-state index is 6.02. The van der Waals surface area contributed by atoms with Crippen molar-refractivity contribution in [1.82, 2.24) is 14.1 Å². The van der Waals surface area contributed by atoms with Gasteiger partial charge in [-0.25, -0.2) is 9.55 Å². The molecule has 38 heavy (non-hydrogen) atoms. The first-order valence-corrected chi connectivity index (χ1v) is 12.1. The Morgan fingerprint density at radius 1 is 0.632 bits per heavy atom. The predicted octanol–water partition coefficient (Wildman–Crippen LogP) is 3.98. The van der Waals surface area contributed by atoms with Crippen molar-refractivity contribution in [1.29, 1.82) is 0 Å². The number of aryl methyl sites for hydroxylation is 1. The van der Waals surface area contributed by atoms with Gasteiger partial charge >= 0.3 is 0 Å². The number of imidazole rings is 2. The molecule has 0 amide bonds. The molecule has 0 fully saturated rings. The van der Waals surface area contributed by atoms with Gasteiger partial charge in [0.15, 0.2) is 16.9 Å². The zero-order chi connectivity index (χ0) is 24.8. The smallest absolute Gasteiger partial charge is 0.248 e. The van der Waals surface area contributed by atoms with Crippen LogP contribution in [0.15, 0.2) is 131 Å². The van der Waals surface area contributed by atoms with Gasteiger partial charge in [0.25, 0.3) is 0 Å². The van der Waals surface area contributed by atoms with Crippen molar-refractivity contribution in [2.45, 2.75) is 0 Å². The third kappa shape index (κ3) is 4.05. The molecule has 7 heteroatoms. The number of nitrogens with zero attached hydrogens (tertiary/aromatic N) is 4. The lowest BCUT2D eigenvalue weighted by atomic mass is 10.1. The van der Waals surface area contributed by atoms with Gasteiger partial charge in [0.1, 0.15) is 23.6 Å². The quantitative estimate of drug-likeness (QED) is 0.220. The Bertz CT molecular complexity index is 2010. The average molecular weight is 610 g/mol. The monoisotopic (exact) mass is 610 g/mol. The van der Waals surface area contributed by atoms with Crippen LogP contribution in [0.25, 0.3) is 55.3 Å². The number of benzene rings is 4. The van der Waals surface area contributed by atoms with Gasteiger partial charge in [-0.3, -0.25) is 0 Å². The second kappa shape index (κ2) is 9.83. The highest BCUT2D eigenvalue weighted by Gasteiger charge is 2.15. The fourth-order valence-corrected chi connectivity index (χ4v) is 4.87. The minimum Gasteiger partial charge on any atom is -1.00 e. The summed E-state index contributed by atoms with van der Waals surface area (Å²) in [5, 5.41) is 4.60. The molecule has 4 aromatic carbocycles. The van der Waals surface area contributed by atoms with Crippen molar-refractivity contribution in [3.05, 3.63) is 122 Å². The lowest BCUT2D eigenvalue weighted by Crippen LogP contribution is -3.00. The molecule has 4 aromatic heterocycles. The van der Waals surface area contributed by atoms with Gasteiger partial charge in [-0.15, -0.1) is 0 Å². The summed E-state index contributed by atoms with van der Waals surface area (Å²) in [7, 11) is 2.01.